The van der Waals surface area contributed by atoms with Crippen LogP contribution in [0.4, 0.5) is 4.39 Å². The number of benzene rings is 2. The van der Waals surface area contributed by atoms with Gasteiger partial charge >= 0.3 is 0 Å². The van der Waals surface area contributed by atoms with Crippen molar-refractivity contribution in [3.8, 4) is 0 Å². The molecule has 2 aromatic rings. The normalized spacial score (nSPS) is 16.0. The Morgan fingerprint density at radius 3 is 2.50 bits per heavy atom. The van der Waals surface area contributed by atoms with E-state index in [0.717, 1.165) is 38.2 Å². The minimum atomic E-state index is -0.217. The van der Waals surface area contributed by atoms with Gasteiger partial charge in [0.2, 0.25) is 0 Å². The van der Waals surface area contributed by atoms with E-state index in [9.17, 15) is 9.18 Å². The van der Waals surface area contributed by atoms with E-state index in [1.165, 1.54) is 12.1 Å². The van der Waals surface area contributed by atoms with Crippen LogP contribution in [-0.2, 0) is 6.54 Å². The highest BCUT2D eigenvalue weighted by Gasteiger charge is 2.21. The molecule has 1 saturated heterocycles. The predicted octanol–water partition coefficient (Wildman–Crippen LogP) is 3.83. The van der Waals surface area contributed by atoms with Gasteiger partial charge in [-0.3, -0.25) is 9.69 Å². The zero-order valence-electron chi connectivity index (χ0n) is 13.4. The van der Waals surface area contributed by atoms with Crippen LogP contribution in [0.15, 0.2) is 48.5 Å². The first-order valence-corrected chi connectivity index (χ1v) is 8.52. The maximum Gasteiger partial charge on any atom is 0.255 e. The fourth-order valence-electron chi connectivity index (χ4n) is 2.99. The summed E-state index contributed by atoms with van der Waals surface area (Å²) in [6, 6.07) is 13.8. The second-order valence-electron chi connectivity index (χ2n) is 6.03. The van der Waals surface area contributed by atoms with Gasteiger partial charge in [-0.1, -0.05) is 35.9 Å². The highest BCUT2D eigenvalue weighted by atomic mass is 35.5. The topological polar surface area (TPSA) is 23.6 Å². The predicted molar refractivity (Wildman–Crippen MR) is 93.6 cm³/mol. The van der Waals surface area contributed by atoms with E-state index in [4.69, 9.17) is 11.6 Å². The average Bonchev–Trinajstić information content (AvgIpc) is 2.82. The largest absolute Gasteiger partial charge is 0.337 e. The summed E-state index contributed by atoms with van der Waals surface area (Å²) in [7, 11) is 0. The molecule has 3 rings (SSSR count). The van der Waals surface area contributed by atoms with Gasteiger partial charge in [0.25, 0.3) is 5.91 Å². The molecule has 0 aromatic heterocycles. The fraction of sp³-hybridized carbons (Fsp3) is 0.316. The number of carbonyl (C=O) groups excluding carboxylic acids is 1. The summed E-state index contributed by atoms with van der Waals surface area (Å²) >= 11 is 6.14. The fourth-order valence-corrected chi connectivity index (χ4v) is 3.20. The van der Waals surface area contributed by atoms with Crippen molar-refractivity contribution in [2.45, 2.75) is 13.0 Å². The van der Waals surface area contributed by atoms with Crippen LogP contribution >= 0.6 is 11.6 Å². The zero-order valence-corrected chi connectivity index (χ0v) is 14.2. The van der Waals surface area contributed by atoms with E-state index in [2.05, 4.69) is 4.90 Å². The Balaban J connectivity index is 1.61. The van der Waals surface area contributed by atoms with Gasteiger partial charge in [-0.05, 0) is 36.2 Å². The van der Waals surface area contributed by atoms with Crippen LogP contribution in [0, 0.1) is 5.82 Å². The van der Waals surface area contributed by atoms with Crippen molar-refractivity contribution in [2.24, 2.45) is 0 Å². The molecule has 1 aliphatic heterocycles. The van der Waals surface area contributed by atoms with E-state index in [1.807, 2.05) is 29.2 Å². The van der Waals surface area contributed by atoms with E-state index < -0.39 is 0 Å². The Labute approximate surface area is 146 Å². The van der Waals surface area contributed by atoms with Crippen molar-refractivity contribution in [1.82, 2.24) is 9.80 Å². The number of halogens is 2. The van der Waals surface area contributed by atoms with Gasteiger partial charge in [0.1, 0.15) is 5.82 Å². The van der Waals surface area contributed by atoms with Crippen molar-refractivity contribution in [3.05, 3.63) is 70.5 Å². The van der Waals surface area contributed by atoms with Gasteiger partial charge in [0.15, 0.2) is 0 Å². The Morgan fingerprint density at radius 1 is 1.00 bits per heavy atom. The summed E-state index contributed by atoms with van der Waals surface area (Å²) in [5.74, 6) is -0.227. The maximum absolute atomic E-state index is 13.0. The van der Waals surface area contributed by atoms with Crippen LogP contribution in [0.2, 0.25) is 5.02 Å². The monoisotopic (exact) mass is 346 g/mol. The molecule has 0 unspecified atom stereocenters. The van der Waals surface area contributed by atoms with Gasteiger partial charge in [0, 0.05) is 32.7 Å². The number of hydrogen-bond acceptors (Lipinski definition) is 2. The summed E-state index contributed by atoms with van der Waals surface area (Å²) in [5.41, 5.74) is 1.65. The Bertz CT molecular complexity index is 705. The first kappa shape index (κ1) is 16.9. The van der Waals surface area contributed by atoms with Crippen molar-refractivity contribution in [2.75, 3.05) is 26.2 Å². The zero-order chi connectivity index (χ0) is 16.9. The number of rotatable bonds is 3. The van der Waals surface area contributed by atoms with Crippen LogP contribution < -0.4 is 0 Å². The smallest absolute Gasteiger partial charge is 0.255 e. The lowest BCUT2D eigenvalue weighted by Gasteiger charge is -2.22. The Morgan fingerprint density at radius 2 is 1.75 bits per heavy atom. The second-order valence-corrected chi connectivity index (χ2v) is 6.44. The van der Waals surface area contributed by atoms with E-state index in [0.29, 0.717) is 17.1 Å². The summed E-state index contributed by atoms with van der Waals surface area (Å²) < 4.78 is 13.0. The minimum absolute atomic E-state index is 0.00997. The molecule has 126 valence electrons. The molecular formula is C19H20ClFN2O. The molecular weight excluding hydrogens is 327 g/mol. The first-order chi connectivity index (χ1) is 11.6. The van der Waals surface area contributed by atoms with Crippen LogP contribution in [0.1, 0.15) is 22.3 Å². The summed E-state index contributed by atoms with van der Waals surface area (Å²) in [6.07, 6.45) is 0.914. The molecule has 0 spiro atoms. The van der Waals surface area contributed by atoms with Crippen molar-refractivity contribution in [3.63, 3.8) is 0 Å². The lowest BCUT2D eigenvalue weighted by molar-refractivity contribution is 0.0761. The second kappa shape index (κ2) is 7.77. The van der Waals surface area contributed by atoms with Gasteiger partial charge < -0.3 is 4.90 Å². The highest BCUT2D eigenvalue weighted by molar-refractivity contribution is 6.33. The lowest BCUT2D eigenvalue weighted by atomic mass is 10.2. The highest BCUT2D eigenvalue weighted by Crippen LogP contribution is 2.18. The molecule has 1 fully saturated rings. The number of hydrogen-bond donors (Lipinski definition) is 0. The van der Waals surface area contributed by atoms with Crippen LogP contribution in [0.5, 0.6) is 0 Å². The number of amides is 1. The van der Waals surface area contributed by atoms with Crippen molar-refractivity contribution in [1.29, 1.82) is 0 Å². The SMILES string of the molecule is O=C(c1ccccc1Cl)N1CCCN(Cc2ccc(F)cc2)CC1. The third kappa shape index (κ3) is 4.13. The van der Waals surface area contributed by atoms with Gasteiger partial charge in [0.05, 0.1) is 10.6 Å². The molecule has 0 bridgehead atoms. The molecule has 2 aromatic carbocycles. The first-order valence-electron chi connectivity index (χ1n) is 8.14. The standard InChI is InChI=1S/C19H20ClFN2O/c20-18-5-2-1-4-17(18)19(24)23-11-3-10-22(12-13-23)14-15-6-8-16(21)9-7-15/h1-2,4-9H,3,10-14H2. The van der Waals surface area contributed by atoms with Crippen molar-refractivity contribution < 1.29 is 9.18 Å². The number of carbonyl (C=O) groups is 1. The maximum atomic E-state index is 13.0. The van der Waals surface area contributed by atoms with E-state index in [1.54, 1.807) is 12.1 Å². The quantitative estimate of drug-likeness (QED) is 0.843. The van der Waals surface area contributed by atoms with Crippen molar-refractivity contribution >= 4 is 17.5 Å². The Hall–Kier alpha value is -1.91. The van der Waals surface area contributed by atoms with Crippen LogP contribution in [0.25, 0.3) is 0 Å². The summed E-state index contributed by atoms with van der Waals surface area (Å²) in [6.45, 7) is 3.89. The molecule has 1 heterocycles. The third-order valence-corrected chi connectivity index (χ3v) is 4.63. The third-order valence-electron chi connectivity index (χ3n) is 4.30. The van der Waals surface area contributed by atoms with E-state index >= 15 is 0 Å². The molecule has 3 nitrogen and oxygen atoms in total. The average molecular weight is 347 g/mol. The summed E-state index contributed by atoms with van der Waals surface area (Å²) in [4.78, 5) is 16.8. The van der Waals surface area contributed by atoms with Crippen LogP contribution in [-0.4, -0.2) is 41.9 Å². The van der Waals surface area contributed by atoms with Gasteiger partial charge in [-0.25, -0.2) is 4.39 Å². The minimum Gasteiger partial charge on any atom is -0.337 e. The molecule has 0 radical (unpaired) electrons. The molecule has 0 atom stereocenters. The van der Waals surface area contributed by atoms with Gasteiger partial charge in [-0.2, -0.15) is 0 Å². The molecule has 0 saturated carbocycles. The Kier molecular flexibility index (Phi) is 5.48. The molecule has 1 aliphatic rings. The van der Waals surface area contributed by atoms with E-state index in [-0.39, 0.29) is 11.7 Å². The number of nitrogens with zero attached hydrogens (tertiary/aromatic N) is 2. The molecule has 24 heavy (non-hydrogen) atoms. The summed E-state index contributed by atoms with van der Waals surface area (Å²) in [5, 5.41) is 0.495. The van der Waals surface area contributed by atoms with Gasteiger partial charge in [-0.15, -0.1) is 0 Å². The van der Waals surface area contributed by atoms with Crippen LogP contribution in [0.3, 0.4) is 0 Å². The molecule has 1 amide bonds. The molecule has 5 heteroatoms. The molecule has 0 aliphatic carbocycles. The lowest BCUT2D eigenvalue weighted by Crippen LogP contribution is -2.35. The molecule has 0 N–H and O–H groups in total.